The Kier molecular flexibility index (Phi) is 5.53. The molecule has 0 aliphatic rings. The number of carboxylic acids is 1. The number of aromatic nitrogens is 1. The van der Waals surface area contributed by atoms with Crippen LogP contribution < -0.4 is 4.74 Å². The molecule has 2 rings (SSSR count). The van der Waals surface area contributed by atoms with Gasteiger partial charge in [0.2, 0.25) is 10.0 Å². The molecule has 0 aliphatic heterocycles. The smallest absolute Gasteiger partial charge is 0.339 e. The average molecular weight is 350 g/mol. The Morgan fingerprint density at radius 3 is 2.58 bits per heavy atom. The van der Waals surface area contributed by atoms with Crippen molar-refractivity contribution in [2.45, 2.75) is 18.4 Å². The van der Waals surface area contributed by atoms with Crippen molar-refractivity contribution in [1.82, 2.24) is 9.29 Å². The van der Waals surface area contributed by atoms with E-state index in [1.165, 1.54) is 23.5 Å². The Balaban J connectivity index is 2.41. The molecule has 7 nitrogen and oxygen atoms in total. The van der Waals surface area contributed by atoms with Gasteiger partial charge in [-0.2, -0.15) is 4.31 Å². The normalized spacial score (nSPS) is 11.5. The van der Waals surface area contributed by atoms with E-state index >= 15 is 0 Å². The monoisotopic (exact) mass is 350 g/mol. The van der Waals surface area contributed by atoms with Crippen LogP contribution in [0.25, 0.3) is 0 Å². The van der Waals surface area contributed by atoms with E-state index in [4.69, 9.17) is 4.74 Å². The fourth-order valence-corrected chi connectivity index (χ4v) is 3.65. The van der Waals surface area contributed by atoms with Crippen LogP contribution in [-0.2, 0) is 16.6 Å². The Morgan fingerprint density at radius 1 is 1.29 bits per heavy atom. The Bertz CT molecular complexity index is 822. The lowest BCUT2D eigenvalue weighted by molar-refractivity contribution is 0.0693. The number of hydrogen-bond donors (Lipinski definition) is 1. The molecule has 2 aromatic rings. The first-order valence-electron chi connectivity index (χ1n) is 7.21. The fourth-order valence-electron chi connectivity index (χ4n) is 2.20. The van der Waals surface area contributed by atoms with Gasteiger partial charge in [0.15, 0.2) is 0 Å². The van der Waals surface area contributed by atoms with Gasteiger partial charge in [-0.3, -0.25) is 4.98 Å². The lowest BCUT2D eigenvalue weighted by atomic mass is 10.2. The maximum atomic E-state index is 12.8. The molecule has 0 amide bonds. The highest BCUT2D eigenvalue weighted by atomic mass is 32.2. The summed E-state index contributed by atoms with van der Waals surface area (Å²) in [7, 11) is -2.53. The molecule has 0 saturated heterocycles. The van der Waals surface area contributed by atoms with E-state index in [0.717, 1.165) is 6.07 Å². The van der Waals surface area contributed by atoms with Crippen molar-refractivity contribution in [2.75, 3.05) is 13.7 Å². The van der Waals surface area contributed by atoms with Crippen molar-refractivity contribution in [1.29, 1.82) is 0 Å². The van der Waals surface area contributed by atoms with E-state index in [9.17, 15) is 18.3 Å². The van der Waals surface area contributed by atoms with Crippen molar-refractivity contribution >= 4 is 16.0 Å². The van der Waals surface area contributed by atoms with Crippen molar-refractivity contribution in [3.05, 3.63) is 53.9 Å². The molecule has 0 unspecified atom stereocenters. The SMILES string of the molecule is CCN(Cc1ccccn1)S(=O)(=O)c1ccc(OC)c(C(=O)O)c1. The van der Waals surface area contributed by atoms with Crippen LogP contribution >= 0.6 is 0 Å². The zero-order valence-corrected chi connectivity index (χ0v) is 14.2. The zero-order chi connectivity index (χ0) is 17.7. The summed E-state index contributed by atoms with van der Waals surface area (Å²) in [4.78, 5) is 15.3. The third-order valence-electron chi connectivity index (χ3n) is 3.46. The summed E-state index contributed by atoms with van der Waals surface area (Å²) >= 11 is 0. The molecule has 8 heteroatoms. The average Bonchev–Trinajstić information content (AvgIpc) is 2.59. The minimum absolute atomic E-state index is 0.0986. The van der Waals surface area contributed by atoms with Gasteiger partial charge in [0.25, 0.3) is 0 Å². The summed E-state index contributed by atoms with van der Waals surface area (Å²) in [6.45, 7) is 2.05. The molecule has 0 aliphatic carbocycles. The lowest BCUT2D eigenvalue weighted by Gasteiger charge is -2.20. The molecule has 0 atom stereocenters. The summed E-state index contributed by atoms with van der Waals surface area (Å²) in [5.41, 5.74) is 0.405. The molecule has 1 N–H and O–H groups in total. The van der Waals surface area contributed by atoms with Crippen molar-refractivity contribution < 1.29 is 23.1 Å². The fraction of sp³-hybridized carbons (Fsp3) is 0.250. The first-order valence-corrected chi connectivity index (χ1v) is 8.65. The summed E-state index contributed by atoms with van der Waals surface area (Å²) in [6.07, 6.45) is 1.59. The number of carbonyl (C=O) groups is 1. The van der Waals surface area contributed by atoms with Gasteiger partial charge in [-0.1, -0.05) is 13.0 Å². The highest BCUT2D eigenvalue weighted by Crippen LogP contribution is 2.25. The molecule has 0 radical (unpaired) electrons. The van der Waals surface area contributed by atoms with Crippen molar-refractivity contribution in [2.24, 2.45) is 0 Å². The number of hydrogen-bond acceptors (Lipinski definition) is 5. The third-order valence-corrected chi connectivity index (χ3v) is 5.37. The number of aromatic carboxylic acids is 1. The van der Waals surface area contributed by atoms with Crippen LogP contribution in [0.15, 0.2) is 47.5 Å². The minimum Gasteiger partial charge on any atom is -0.496 e. The van der Waals surface area contributed by atoms with E-state index in [-0.39, 0.29) is 29.3 Å². The summed E-state index contributed by atoms with van der Waals surface area (Å²) in [5.74, 6) is -1.15. The van der Waals surface area contributed by atoms with E-state index in [0.29, 0.717) is 5.69 Å². The summed E-state index contributed by atoms with van der Waals surface area (Å²) in [6, 6.07) is 9.04. The van der Waals surface area contributed by atoms with Gasteiger partial charge in [0, 0.05) is 12.7 Å². The predicted octanol–water partition coefficient (Wildman–Crippen LogP) is 2.00. The van der Waals surface area contributed by atoms with Gasteiger partial charge >= 0.3 is 5.97 Å². The number of rotatable bonds is 7. The third kappa shape index (κ3) is 3.72. The van der Waals surface area contributed by atoms with E-state index in [2.05, 4.69) is 4.98 Å². The number of nitrogens with zero attached hydrogens (tertiary/aromatic N) is 2. The second kappa shape index (κ2) is 7.41. The quantitative estimate of drug-likeness (QED) is 0.820. The molecule has 0 bridgehead atoms. The molecule has 0 spiro atoms. The second-order valence-corrected chi connectivity index (χ2v) is 6.86. The van der Waals surface area contributed by atoms with Gasteiger partial charge in [-0.15, -0.1) is 0 Å². The van der Waals surface area contributed by atoms with E-state index < -0.39 is 16.0 Å². The van der Waals surface area contributed by atoms with Crippen LogP contribution in [0.2, 0.25) is 0 Å². The molecular weight excluding hydrogens is 332 g/mol. The first-order chi connectivity index (χ1) is 11.4. The second-order valence-electron chi connectivity index (χ2n) is 4.92. The van der Waals surface area contributed by atoms with Gasteiger partial charge in [-0.25, -0.2) is 13.2 Å². The van der Waals surface area contributed by atoms with Gasteiger partial charge in [-0.05, 0) is 30.3 Å². The largest absolute Gasteiger partial charge is 0.496 e. The first kappa shape index (κ1) is 17.9. The molecule has 24 heavy (non-hydrogen) atoms. The Morgan fingerprint density at radius 2 is 2.04 bits per heavy atom. The maximum Gasteiger partial charge on any atom is 0.339 e. The molecular formula is C16H18N2O5S. The zero-order valence-electron chi connectivity index (χ0n) is 13.3. The Hall–Kier alpha value is -2.45. The highest BCUT2D eigenvalue weighted by molar-refractivity contribution is 7.89. The molecule has 0 fully saturated rings. The summed E-state index contributed by atoms with van der Waals surface area (Å²) in [5, 5.41) is 9.22. The van der Waals surface area contributed by atoms with Crippen molar-refractivity contribution in [3.63, 3.8) is 0 Å². The van der Waals surface area contributed by atoms with Crippen LogP contribution in [0.5, 0.6) is 5.75 Å². The van der Waals surface area contributed by atoms with Gasteiger partial charge in [0.1, 0.15) is 11.3 Å². The van der Waals surface area contributed by atoms with Gasteiger partial charge < -0.3 is 9.84 Å². The van der Waals surface area contributed by atoms with Crippen LogP contribution in [0.4, 0.5) is 0 Å². The van der Waals surface area contributed by atoms with Crippen LogP contribution in [0, 0.1) is 0 Å². The number of benzene rings is 1. The molecule has 1 heterocycles. The van der Waals surface area contributed by atoms with E-state index in [1.54, 1.807) is 31.3 Å². The Labute approximate surface area is 140 Å². The number of carboxylic acid groups (broad SMARTS) is 1. The number of methoxy groups -OCH3 is 1. The van der Waals surface area contributed by atoms with E-state index in [1.807, 2.05) is 0 Å². The number of ether oxygens (including phenoxy) is 1. The van der Waals surface area contributed by atoms with Crippen LogP contribution in [0.3, 0.4) is 0 Å². The lowest BCUT2D eigenvalue weighted by Crippen LogP contribution is -2.31. The molecule has 1 aromatic carbocycles. The van der Waals surface area contributed by atoms with Crippen LogP contribution in [0.1, 0.15) is 23.0 Å². The minimum atomic E-state index is -3.86. The predicted molar refractivity (Wildman–Crippen MR) is 87.5 cm³/mol. The highest BCUT2D eigenvalue weighted by Gasteiger charge is 2.26. The van der Waals surface area contributed by atoms with Crippen LogP contribution in [-0.4, -0.2) is 42.4 Å². The molecule has 128 valence electrons. The maximum absolute atomic E-state index is 12.8. The number of sulfonamides is 1. The van der Waals surface area contributed by atoms with Gasteiger partial charge in [0.05, 0.1) is 24.2 Å². The summed E-state index contributed by atoms with van der Waals surface area (Å²) < 4.78 is 31.8. The molecule has 0 saturated carbocycles. The molecule has 1 aromatic heterocycles. The van der Waals surface area contributed by atoms with Crippen molar-refractivity contribution in [3.8, 4) is 5.75 Å². The topological polar surface area (TPSA) is 96.8 Å². The standard InChI is InChI=1S/C16H18N2O5S/c1-3-18(11-12-6-4-5-9-17-12)24(21,22)13-7-8-15(23-2)14(10-13)16(19)20/h4-10H,3,11H2,1-2H3,(H,19,20). The number of pyridine rings is 1.